The first-order valence-electron chi connectivity index (χ1n) is 6.72. The summed E-state index contributed by atoms with van der Waals surface area (Å²) in [5.41, 5.74) is 0. The van der Waals surface area contributed by atoms with Crippen LogP contribution in [0.3, 0.4) is 0 Å². The van der Waals surface area contributed by atoms with E-state index in [1.807, 2.05) is 12.2 Å². The fourth-order valence-corrected chi connectivity index (χ4v) is 3.44. The van der Waals surface area contributed by atoms with Gasteiger partial charge >= 0.3 is 5.97 Å². The molecule has 4 atom stereocenters. The SMILES string of the molecule is CN(Cc1ncc[nH]1)C(=O)C1C2C=CC(C2)C1C(=O)O. The molecule has 2 bridgehead atoms. The number of H-pyrrole nitrogens is 1. The zero-order chi connectivity index (χ0) is 14.3. The number of amides is 1. The van der Waals surface area contributed by atoms with Gasteiger partial charge in [-0.05, 0) is 18.3 Å². The number of aliphatic carboxylic acids is 1. The quantitative estimate of drug-likeness (QED) is 0.799. The molecule has 1 heterocycles. The summed E-state index contributed by atoms with van der Waals surface area (Å²) in [6.45, 7) is 0.371. The van der Waals surface area contributed by atoms with E-state index in [0.29, 0.717) is 12.4 Å². The Hall–Kier alpha value is -2.11. The molecule has 0 saturated heterocycles. The Morgan fingerprint density at radius 3 is 2.70 bits per heavy atom. The van der Waals surface area contributed by atoms with E-state index in [1.165, 1.54) is 0 Å². The maximum Gasteiger partial charge on any atom is 0.307 e. The summed E-state index contributed by atoms with van der Waals surface area (Å²) in [6.07, 6.45) is 8.05. The third-order valence-electron chi connectivity index (χ3n) is 4.35. The van der Waals surface area contributed by atoms with Crippen molar-refractivity contribution in [3.05, 3.63) is 30.4 Å². The molecule has 4 unspecified atom stereocenters. The second-order valence-electron chi connectivity index (χ2n) is 5.57. The van der Waals surface area contributed by atoms with E-state index in [2.05, 4.69) is 9.97 Å². The lowest BCUT2D eigenvalue weighted by molar-refractivity contribution is -0.150. The van der Waals surface area contributed by atoms with Gasteiger partial charge in [-0.3, -0.25) is 9.59 Å². The molecule has 0 spiro atoms. The molecule has 1 saturated carbocycles. The molecule has 1 amide bonds. The zero-order valence-corrected chi connectivity index (χ0v) is 11.2. The Bertz CT molecular complexity index is 552. The van der Waals surface area contributed by atoms with Crippen molar-refractivity contribution in [3.63, 3.8) is 0 Å². The van der Waals surface area contributed by atoms with Crippen LogP contribution in [0.1, 0.15) is 12.2 Å². The summed E-state index contributed by atoms with van der Waals surface area (Å²) in [4.78, 5) is 32.6. The number of allylic oxidation sites excluding steroid dienone is 2. The number of rotatable bonds is 4. The van der Waals surface area contributed by atoms with Gasteiger partial charge in [-0.25, -0.2) is 4.98 Å². The zero-order valence-electron chi connectivity index (χ0n) is 11.2. The van der Waals surface area contributed by atoms with E-state index in [1.54, 1.807) is 24.3 Å². The number of carbonyl (C=O) groups is 2. The summed E-state index contributed by atoms with van der Waals surface area (Å²) in [6, 6.07) is 0. The van der Waals surface area contributed by atoms with Crippen molar-refractivity contribution in [3.8, 4) is 0 Å². The van der Waals surface area contributed by atoms with E-state index in [4.69, 9.17) is 0 Å². The molecule has 0 aromatic carbocycles. The van der Waals surface area contributed by atoms with Gasteiger partial charge in [-0.2, -0.15) is 0 Å². The second-order valence-corrected chi connectivity index (χ2v) is 5.57. The molecular weight excluding hydrogens is 258 g/mol. The number of hydrogen-bond donors (Lipinski definition) is 2. The van der Waals surface area contributed by atoms with Crippen molar-refractivity contribution in [1.82, 2.24) is 14.9 Å². The van der Waals surface area contributed by atoms with Crippen molar-refractivity contribution in [1.29, 1.82) is 0 Å². The highest BCUT2D eigenvalue weighted by Gasteiger charge is 2.52. The number of nitrogens with one attached hydrogen (secondary N) is 1. The van der Waals surface area contributed by atoms with E-state index in [-0.39, 0.29) is 17.7 Å². The third kappa shape index (κ3) is 2.01. The van der Waals surface area contributed by atoms with Gasteiger partial charge in [-0.15, -0.1) is 0 Å². The number of carboxylic acids is 1. The summed E-state index contributed by atoms with van der Waals surface area (Å²) in [5.74, 6) is -1.24. The summed E-state index contributed by atoms with van der Waals surface area (Å²) < 4.78 is 0. The lowest BCUT2D eigenvalue weighted by Gasteiger charge is -2.28. The number of nitrogens with zero attached hydrogens (tertiary/aromatic N) is 2. The van der Waals surface area contributed by atoms with Gasteiger partial charge in [0.15, 0.2) is 0 Å². The summed E-state index contributed by atoms with van der Waals surface area (Å²) in [5, 5.41) is 9.37. The molecule has 6 nitrogen and oxygen atoms in total. The number of imidazole rings is 1. The van der Waals surface area contributed by atoms with Crippen LogP contribution in [0.5, 0.6) is 0 Å². The van der Waals surface area contributed by atoms with Crippen molar-refractivity contribution < 1.29 is 14.7 Å². The van der Waals surface area contributed by atoms with Crippen molar-refractivity contribution >= 4 is 11.9 Å². The van der Waals surface area contributed by atoms with E-state index in [9.17, 15) is 14.7 Å². The molecule has 2 aliphatic rings. The highest BCUT2D eigenvalue weighted by molar-refractivity contribution is 5.86. The Balaban J connectivity index is 1.76. The minimum absolute atomic E-state index is 0.00321. The fourth-order valence-electron chi connectivity index (χ4n) is 3.44. The Kier molecular flexibility index (Phi) is 3.08. The molecule has 3 rings (SSSR count). The predicted octanol–water partition coefficient (Wildman–Crippen LogP) is 0.891. The number of aromatic nitrogens is 2. The van der Waals surface area contributed by atoms with Crippen LogP contribution in [0.2, 0.25) is 0 Å². The lowest BCUT2D eigenvalue weighted by Crippen LogP contribution is -2.41. The van der Waals surface area contributed by atoms with Crippen LogP contribution in [0.15, 0.2) is 24.5 Å². The minimum atomic E-state index is -0.869. The highest BCUT2D eigenvalue weighted by Crippen LogP contribution is 2.48. The summed E-state index contributed by atoms with van der Waals surface area (Å²) >= 11 is 0. The van der Waals surface area contributed by atoms with Crippen LogP contribution in [0, 0.1) is 23.7 Å². The smallest absolute Gasteiger partial charge is 0.307 e. The van der Waals surface area contributed by atoms with Crippen molar-refractivity contribution in [2.75, 3.05) is 7.05 Å². The van der Waals surface area contributed by atoms with Gasteiger partial charge in [0.05, 0.1) is 18.4 Å². The first-order chi connectivity index (χ1) is 9.58. The standard InChI is InChI=1S/C14H17N3O3/c1-17(7-10-15-4-5-16-10)13(18)11-8-2-3-9(6-8)12(11)14(19)20/h2-5,8-9,11-12H,6-7H2,1H3,(H,15,16)(H,19,20). The maximum atomic E-state index is 12.6. The Morgan fingerprint density at radius 1 is 1.40 bits per heavy atom. The number of aromatic amines is 1. The molecule has 20 heavy (non-hydrogen) atoms. The van der Waals surface area contributed by atoms with Crippen LogP contribution < -0.4 is 0 Å². The molecule has 1 fully saturated rings. The molecule has 2 N–H and O–H groups in total. The second kappa shape index (κ2) is 4.77. The molecule has 0 aliphatic heterocycles. The molecular formula is C14H17N3O3. The third-order valence-corrected chi connectivity index (χ3v) is 4.35. The fraction of sp³-hybridized carbons (Fsp3) is 0.500. The van der Waals surface area contributed by atoms with E-state index in [0.717, 1.165) is 6.42 Å². The van der Waals surface area contributed by atoms with Crippen LogP contribution in [-0.4, -0.2) is 38.9 Å². The van der Waals surface area contributed by atoms with Crippen LogP contribution in [0.25, 0.3) is 0 Å². The first kappa shape index (κ1) is 12.9. The maximum absolute atomic E-state index is 12.6. The average molecular weight is 275 g/mol. The minimum Gasteiger partial charge on any atom is -0.481 e. The van der Waals surface area contributed by atoms with Crippen molar-refractivity contribution in [2.45, 2.75) is 13.0 Å². The molecule has 6 heteroatoms. The number of fused-ring (bicyclic) bond motifs is 2. The van der Waals surface area contributed by atoms with Crippen LogP contribution in [-0.2, 0) is 16.1 Å². The van der Waals surface area contributed by atoms with Gasteiger partial charge in [0.25, 0.3) is 0 Å². The Morgan fingerprint density at radius 2 is 2.10 bits per heavy atom. The molecule has 2 aliphatic carbocycles. The van der Waals surface area contributed by atoms with Gasteiger partial charge in [-0.1, -0.05) is 12.2 Å². The van der Waals surface area contributed by atoms with Crippen LogP contribution >= 0.6 is 0 Å². The largest absolute Gasteiger partial charge is 0.481 e. The number of carbonyl (C=O) groups excluding carboxylic acids is 1. The normalized spacial score (nSPS) is 30.6. The number of hydrogen-bond acceptors (Lipinski definition) is 3. The highest BCUT2D eigenvalue weighted by atomic mass is 16.4. The average Bonchev–Trinajstić information content (AvgIpc) is 3.12. The molecule has 1 aromatic rings. The van der Waals surface area contributed by atoms with Crippen molar-refractivity contribution in [2.24, 2.45) is 23.7 Å². The molecule has 1 aromatic heterocycles. The van der Waals surface area contributed by atoms with Crippen LogP contribution in [0.4, 0.5) is 0 Å². The summed E-state index contributed by atoms with van der Waals surface area (Å²) in [7, 11) is 1.69. The topological polar surface area (TPSA) is 86.3 Å². The molecule has 106 valence electrons. The lowest BCUT2D eigenvalue weighted by atomic mass is 9.82. The first-order valence-corrected chi connectivity index (χ1v) is 6.72. The Labute approximate surface area is 116 Å². The predicted molar refractivity (Wildman–Crippen MR) is 70.4 cm³/mol. The van der Waals surface area contributed by atoms with Gasteiger partial charge in [0, 0.05) is 19.4 Å². The van der Waals surface area contributed by atoms with Gasteiger partial charge < -0.3 is 15.0 Å². The monoisotopic (exact) mass is 275 g/mol. The van der Waals surface area contributed by atoms with E-state index < -0.39 is 17.8 Å². The van der Waals surface area contributed by atoms with E-state index >= 15 is 0 Å². The number of carboxylic acid groups (broad SMARTS) is 1. The molecule has 0 radical (unpaired) electrons. The van der Waals surface area contributed by atoms with Gasteiger partial charge in [0.2, 0.25) is 5.91 Å². The van der Waals surface area contributed by atoms with Gasteiger partial charge in [0.1, 0.15) is 5.82 Å².